The summed E-state index contributed by atoms with van der Waals surface area (Å²) in [4.78, 5) is 0.0415. The van der Waals surface area contributed by atoms with Gasteiger partial charge in [-0.1, -0.05) is 12.2 Å². The molecule has 0 aromatic carbocycles. The van der Waals surface area contributed by atoms with Gasteiger partial charge in [-0.25, -0.2) is 13.1 Å². The fourth-order valence-corrected chi connectivity index (χ4v) is 2.43. The second-order valence-corrected chi connectivity index (χ2v) is 5.23. The topological polar surface area (TPSA) is 90.0 Å². The summed E-state index contributed by atoms with van der Waals surface area (Å²) in [5.74, 6) is 0.0328. The summed E-state index contributed by atoms with van der Waals surface area (Å²) >= 11 is 0. The number of sulfonamides is 1. The average Bonchev–Trinajstić information content (AvgIpc) is 2.67. The molecular weight excluding hydrogens is 240 g/mol. The van der Waals surface area contributed by atoms with Gasteiger partial charge in [0.05, 0.1) is 0 Å². The first-order valence-corrected chi connectivity index (χ1v) is 6.93. The maximum atomic E-state index is 11.9. The van der Waals surface area contributed by atoms with Gasteiger partial charge in [0.1, 0.15) is 4.90 Å². The molecule has 6 nitrogen and oxygen atoms in total. The number of anilines is 1. The van der Waals surface area contributed by atoms with Gasteiger partial charge in [-0.15, -0.1) is 0 Å². The number of aryl methyl sites for hydroxylation is 1. The Morgan fingerprint density at radius 2 is 2.29 bits per heavy atom. The maximum Gasteiger partial charge on any atom is 0.245 e. The fraction of sp³-hybridized carbons (Fsp3) is 0.500. The lowest BCUT2D eigenvalue weighted by Crippen LogP contribution is -2.24. The second-order valence-electron chi connectivity index (χ2n) is 3.49. The number of nitrogens with two attached hydrogens (primary N) is 1. The van der Waals surface area contributed by atoms with Crippen molar-refractivity contribution in [3.05, 3.63) is 18.3 Å². The number of hydrogen-bond acceptors (Lipinski definition) is 4. The molecule has 1 rings (SSSR count). The van der Waals surface area contributed by atoms with Crippen LogP contribution in [-0.4, -0.2) is 24.7 Å². The number of nitrogens with one attached hydrogen (secondary N) is 1. The van der Waals surface area contributed by atoms with Crippen LogP contribution in [0.2, 0.25) is 0 Å². The first kappa shape index (κ1) is 13.7. The number of hydrogen-bond donors (Lipinski definition) is 2. The van der Waals surface area contributed by atoms with Crippen molar-refractivity contribution in [2.24, 2.45) is 0 Å². The van der Waals surface area contributed by atoms with Crippen LogP contribution in [0.1, 0.15) is 20.3 Å². The van der Waals surface area contributed by atoms with E-state index < -0.39 is 10.0 Å². The lowest BCUT2D eigenvalue weighted by Gasteiger charge is -2.03. The molecule has 0 aliphatic heterocycles. The summed E-state index contributed by atoms with van der Waals surface area (Å²) in [5.41, 5.74) is 5.57. The van der Waals surface area contributed by atoms with Crippen LogP contribution in [0.15, 0.2) is 23.2 Å². The highest BCUT2D eigenvalue weighted by atomic mass is 32.2. The van der Waals surface area contributed by atoms with E-state index in [0.717, 1.165) is 0 Å². The molecular formula is C10H18N4O2S. The van der Waals surface area contributed by atoms with Crippen LogP contribution in [0, 0.1) is 0 Å². The Morgan fingerprint density at radius 3 is 2.82 bits per heavy atom. The van der Waals surface area contributed by atoms with E-state index in [-0.39, 0.29) is 10.7 Å². The van der Waals surface area contributed by atoms with Gasteiger partial charge in [-0.2, -0.15) is 5.10 Å². The minimum Gasteiger partial charge on any atom is -0.381 e. The number of rotatable bonds is 6. The molecule has 0 saturated carbocycles. The predicted molar refractivity (Wildman–Crippen MR) is 66.9 cm³/mol. The summed E-state index contributed by atoms with van der Waals surface area (Å²) in [6.45, 7) is 4.68. The van der Waals surface area contributed by atoms with E-state index >= 15 is 0 Å². The van der Waals surface area contributed by atoms with Gasteiger partial charge in [0.15, 0.2) is 5.82 Å². The van der Waals surface area contributed by atoms with Crippen LogP contribution in [0.25, 0.3) is 0 Å². The lowest BCUT2D eigenvalue weighted by atomic mass is 10.4. The van der Waals surface area contributed by atoms with E-state index in [2.05, 4.69) is 9.82 Å². The highest BCUT2D eigenvalue weighted by molar-refractivity contribution is 7.89. The minimum absolute atomic E-state index is 0.0328. The predicted octanol–water partition coefficient (Wildman–Crippen LogP) is 0.730. The second kappa shape index (κ2) is 5.83. The van der Waals surface area contributed by atoms with Gasteiger partial charge in [-0.3, -0.25) is 4.68 Å². The zero-order valence-electron chi connectivity index (χ0n) is 10.0. The molecule has 0 saturated heterocycles. The molecule has 3 N–H and O–H groups in total. The summed E-state index contributed by atoms with van der Waals surface area (Å²) in [7, 11) is -3.55. The molecule has 0 radical (unpaired) electrons. The molecule has 0 atom stereocenters. The molecule has 0 spiro atoms. The van der Waals surface area contributed by atoms with E-state index in [1.807, 2.05) is 26.0 Å². The Bertz CT molecular complexity index is 490. The van der Waals surface area contributed by atoms with Gasteiger partial charge >= 0.3 is 0 Å². The molecule has 0 aliphatic carbocycles. The van der Waals surface area contributed by atoms with Crippen LogP contribution < -0.4 is 10.5 Å². The summed E-state index contributed by atoms with van der Waals surface area (Å²) in [5, 5.41) is 3.90. The normalized spacial score (nSPS) is 12.4. The highest BCUT2D eigenvalue weighted by Gasteiger charge is 2.19. The molecule has 1 heterocycles. The van der Waals surface area contributed by atoms with Crippen molar-refractivity contribution in [2.75, 3.05) is 12.3 Å². The molecule has 1 aromatic rings. The van der Waals surface area contributed by atoms with Crippen molar-refractivity contribution in [3.8, 4) is 0 Å². The zero-order chi connectivity index (χ0) is 12.9. The summed E-state index contributed by atoms with van der Waals surface area (Å²) in [6, 6.07) is 0. The van der Waals surface area contributed by atoms with Crippen LogP contribution in [0.3, 0.4) is 0 Å². The Balaban J connectivity index is 2.78. The van der Waals surface area contributed by atoms with Crippen LogP contribution in [0.4, 0.5) is 5.82 Å². The number of nitrogens with zero attached hydrogens (tertiary/aromatic N) is 2. The SMILES string of the molecule is C/C=C/CCNS(=O)(=O)c1cn(CC)nc1N. The smallest absolute Gasteiger partial charge is 0.245 e. The molecule has 0 aliphatic rings. The first-order chi connectivity index (χ1) is 8.01. The van der Waals surface area contributed by atoms with Gasteiger partial charge in [-0.05, 0) is 20.3 Å². The largest absolute Gasteiger partial charge is 0.381 e. The van der Waals surface area contributed by atoms with Crippen molar-refractivity contribution in [1.29, 1.82) is 0 Å². The van der Waals surface area contributed by atoms with Crippen LogP contribution in [0.5, 0.6) is 0 Å². The standard InChI is InChI=1S/C10H18N4O2S/c1-3-5-6-7-12-17(15,16)9-8-14(4-2)13-10(9)11/h3,5,8,12H,4,6-7H2,1-2H3,(H2,11,13)/b5-3+. The van der Waals surface area contributed by atoms with E-state index in [0.29, 0.717) is 19.5 Å². The molecule has 7 heteroatoms. The number of nitrogen functional groups attached to an aromatic ring is 1. The Labute approximate surface area is 102 Å². The Kier molecular flexibility index (Phi) is 4.71. The first-order valence-electron chi connectivity index (χ1n) is 5.45. The van der Waals surface area contributed by atoms with Gasteiger partial charge in [0.2, 0.25) is 10.0 Å². The van der Waals surface area contributed by atoms with Crippen LogP contribution in [-0.2, 0) is 16.6 Å². The van der Waals surface area contributed by atoms with Crippen molar-refractivity contribution in [3.63, 3.8) is 0 Å². The van der Waals surface area contributed by atoms with Crippen LogP contribution >= 0.6 is 0 Å². The van der Waals surface area contributed by atoms with E-state index in [4.69, 9.17) is 5.73 Å². The Hall–Kier alpha value is -1.34. The van der Waals surface area contributed by atoms with E-state index in [1.54, 1.807) is 0 Å². The fourth-order valence-electron chi connectivity index (χ4n) is 1.31. The van der Waals surface area contributed by atoms with E-state index in [1.165, 1.54) is 10.9 Å². The van der Waals surface area contributed by atoms with Crippen molar-refractivity contribution in [1.82, 2.24) is 14.5 Å². The van der Waals surface area contributed by atoms with E-state index in [9.17, 15) is 8.42 Å². The number of aromatic nitrogens is 2. The quantitative estimate of drug-likeness (QED) is 0.581. The molecule has 1 aromatic heterocycles. The van der Waals surface area contributed by atoms with Crippen molar-refractivity contribution in [2.45, 2.75) is 31.7 Å². The minimum atomic E-state index is -3.55. The molecule has 0 bridgehead atoms. The molecule has 0 fully saturated rings. The summed E-state index contributed by atoms with van der Waals surface area (Å²) < 4.78 is 27.7. The third-order valence-corrected chi connectivity index (χ3v) is 3.68. The molecule has 0 unspecified atom stereocenters. The highest BCUT2D eigenvalue weighted by Crippen LogP contribution is 2.15. The molecule has 0 amide bonds. The third-order valence-electron chi connectivity index (χ3n) is 2.21. The van der Waals surface area contributed by atoms with Crippen molar-refractivity contribution < 1.29 is 8.42 Å². The zero-order valence-corrected chi connectivity index (χ0v) is 10.9. The number of allylic oxidation sites excluding steroid dienone is 1. The lowest BCUT2D eigenvalue weighted by molar-refractivity contribution is 0.582. The van der Waals surface area contributed by atoms with Gasteiger partial charge < -0.3 is 5.73 Å². The molecule has 17 heavy (non-hydrogen) atoms. The monoisotopic (exact) mass is 258 g/mol. The summed E-state index contributed by atoms with van der Waals surface area (Å²) in [6.07, 6.45) is 5.85. The third kappa shape index (κ3) is 3.57. The Morgan fingerprint density at radius 1 is 1.59 bits per heavy atom. The van der Waals surface area contributed by atoms with Gasteiger partial charge in [0.25, 0.3) is 0 Å². The van der Waals surface area contributed by atoms with Crippen molar-refractivity contribution >= 4 is 15.8 Å². The van der Waals surface area contributed by atoms with Gasteiger partial charge in [0, 0.05) is 19.3 Å². The maximum absolute atomic E-state index is 11.9. The average molecular weight is 258 g/mol. The molecule has 96 valence electrons.